The van der Waals surface area contributed by atoms with Gasteiger partial charge in [0.25, 0.3) is 0 Å². The third-order valence-corrected chi connectivity index (χ3v) is 4.08. The highest BCUT2D eigenvalue weighted by molar-refractivity contribution is 5.98. The molecule has 22 heavy (non-hydrogen) atoms. The predicted molar refractivity (Wildman–Crippen MR) is 85.1 cm³/mol. The maximum absolute atomic E-state index is 12.5. The van der Waals surface area contributed by atoms with Gasteiger partial charge in [-0.1, -0.05) is 30.3 Å². The van der Waals surface area contributed by atoms with E-state index in [1.54, 1.807) is 4.90 Å². The molecule has 0 aromatic heterocycles. The second kappa shape index (κ2) is 4.46. The average Bonchev–Trinajstić information content (AvgIpc) is 3.23. The maximum Gasteiger partial charge on any atom is 0.414 e. The number of rotatable bonds is 0. The van der Waals surface area contributed by atoms with E-state index in [1.807, 2.05) is 45.0 Å². The number of hydrogen-bond acceptors (Lipinski definition) is 3. The minimum atomic E-state index is -0.505. The fraction of sp³-hybridized carbons (Fsp3) is 0.389. The third kappa shape index (κ3) is 2.15. The van der Waals surface area contributed by atoms with Crippen molar-refractivity contribution in [3.8, 4) is 0 Å². The molecule has 0 radical (unpaired) electrons. The van der Waals surface area contributed by atoms with Gasteiger partial charge in [0, 0.05) is 5.56 Å². The lowest BCUT2D eigenvalue weighted by Crippen LogP contribution is -2.41. The SMILES string of the molecule is CC(C)(C)OC(=O)N1CC2OC2c2c1ccc1ccccc21. The average molecular weight is 297 g/mol. The summed E-state index contributed by atoms with van der Waals surface area (Å²) in [6.45, 7) is 6.21. The molecule has 0 saturated carbocycles. The third-order valence-electron chi connectivity index (χ3n) is 4.08. The van der Waals surface area contributed by atoms with E-state index in [4.69, 9.17) is 9.47 Å². The molecule has 4 rings (SSSR count). The number of carbonyl (C=O) groups excluding carboxylic acids is 1. The van der Waals surface area contributed by atoms with Crippen LogP contribution in [0.3, 0.4) is 0 Å². The topological polar surface area (TPSA) is 42.1 Å². The Morgan fingerprint density at radius 3 is 2.77 bits per heavy atom. The molecule has 0 N–H and O–H groups in total. The predicted octanol–water partition coefficient (Wildman–Crippen LogP) is 4.03. The van der Waals surface area contributed by atoms with Crippen molar-refractivity contribution in [2.75, 3.05) is 11.4 Å². The Bertz CT molecular complexity index is 763. The van der Waals surface area contributed by atoms with Gasteiger partial charge in [0.1, 0.15) is 17.8 Å². The Balaban J connectivity index is 1.80. The van der Waals surface area contributed by atoms with Crippen LogP contribution in [0.4, 0.5) is 10.5 Å². The van der Waals surface area contributed by atoms with Crippen LogP contribution < -0.4 is 4.90 Å². The lowest BCUT2D eigenvalue weighted by atomic mass is 9.95. The highest BCUT2D eigenvalue weighted by Gasteiger charge is 2.49. The van der Waals surface area contributed by atoms with E-state index < -0.39 is 5.60 Å². The van der Waals surface area contributed by atoms with Crippen molar-refractivity contribution in [1.82, 2.24) is 0 Å². The molecular formula is C18H19NO3. The van der Waals surface area contributed by atoms with Gasteiger partial charge in [-0.3, -0.25) is 4.90 Å². The van der Waals surface area contributed by atoms with Crippen LogP contribution >= 0.6 is 0 Å². The van der Waals surface area contributed by atoms with Gasteiger partial charge in [-0.25, -0.2) is 4.79 Å². The summed E-state index contributed by atoms with van der Waals surface area (Å²) in [5, 5.41) is 2.32. The smallest absolute Gasteiger partial charge is 0.414 e. The van der Waals surface area contributed by atoms with Gasteiger partial charge in [-0.05, 0) is 37.6 Å². The summed E-state index contributed by atoms with van der Waals surface area (Å²) in [5.74, 6) is 0. The molecule has 4 heteroatoms. The molecule has 1 amide bonds. The van der Waals surface area contributed by atoms with Gasteiger partial charge in [0.15, 0.2) is 0 Å². The second-order valence-electron chi connectivity index (χ2n) is 6.91. The van der Waals surface area contributed by atoms with E-state index in [1.165, 1.54) is 5.39 Å². The van der Waals surface area contributed by atoms with Crippen molar-refractivity contribution >= 4 is 22.6 Å². The zero-order valence-corrected chi connectivity index (χ0v) is 13.0. The van der Waals surface area contributed by atoms with E-state index in [2.05, 4.69) is 12.1 Å². The molecule has 2 aromatic rings. The van der Waals surface area contributed by atoms with Gasteiger partial charge in [0.2, 0.25) is 0 Å². The van der Waals surface area contributed by atoms with Crippen LogP contribution in [0, 0.1) is 0 Å². The Morgan fingerprint density at radius 2 is 2.00 bits per heavy atom. The summed E-state index contributed by atoms with van der Waals surface area (Å²) in [6.07, 6.45) is -0.108. The van der Waals surface area contributed by atoms with E-state index in [-0.39, 0.29) is 18.3 Å². The number of fused-ring (bicyclic) bond motifs is 5. The number of amides is 1. The van der Waals surface area contributed by atoms with Crippen LogP contribution in [0.5, 0.6) is 0 Å². The van der Waals surface area contributed by atoms with Crippen molar-refractivity contribution in [2.45, 2.75) is 38.6 Å². The summed E-state index contributed by atoms with van der Waals surface area (Å²) in [5.41, 5.74) is 1.52. The number of hydrogen-bond donors (Lipinski definition) is 0. The standard InChI is InChI=1S/C18H19NO3/c1-18(2,3)22-17(20)19-10-14-16(21-14)15-12-7-5-4-6-11(12)8-9-13(15)19/h4-9,14,16H,10H2,1-3H3. The lowest BCUT2D eigenvalue weighted by molar-refractivity contribution is 0.0577. The van der Waals surface area contributed by atoms with Gasteiger partial charge < -0.3 is 9.47 Å². The lowest BCUT2D eigenvalue weighted by Gasteiger charge is -2.30. The summed E-state index contributed by atoms with van der Waals surface area (Å²) < 4.78 is 11.3. The molecule has 1 saturated heterocycles. The first kappa shape index (κ1) is 13.6. The number of ether oxygens (including phenoxy) is 2. The van der Waals surface area contributed by atoms with Crippen molar-refractivity contribution in [3.63, 3.8) is 0 Å². The molecular weight excluding hydrogens is 278 g/mol. The minimum Gasteiger partial charge on any atom is -0.443 e. The first-order valence-corrected chi connectivity index (χ1v) is 7.62. The van der Waals surface area contributed by atoms with Gasteiger partial charge in [-0.2, -0.15) is 0 Å². The van der Waals surface area contributed by atoms with Crippen LogP contribution in [0.2, 0.25) is 0 Å². The Hall–Kier alpha value is -2.07. The van der Waals surface area contributed by atoms with Gasteiger partial charge in [-0.15, -0.1) is 0 Å². The van der Waals surface area contributed by atoms with Crippen LogP contribution in [-0.2, 0) is 9.47 Å². The summed E-state index contributed by atoms with van der Waals surface area (Å²) in [7, 11) is 0. The zero-order valence-electron chi connectivity index (χ0n) is 13.0. The first-order chi connectivity index (χ1) is 10.4. The van der Waals surface area contributed by atoms with E-state index >= 15 is 0 Å². The van der Waals surface area contributed by atoms with Gasteiger partial charge in [0.05, 0.1) is 12.2 Å². The normalized spacial score (nSPS) is 23.0. The van der Waals surface area contributed by atoms with Crippen LogP contribution in [0.1, 0.15) is 32.4 Å². The van der Waals surface area contributed by atoms with Crippen LogP contribution in [-0.4, -0.2) is 24.3 Å². The molecule has 0 spiro atoms. The van der Waals surface area contributed by atoms with Crippen LogP contribution in [0.15, 0.2) is 36.4 Å². The molecule has 2 atom stereocenters. The summed E-state index contributed by atoms with van der Waals surface area (Å²) in [4.78, 5) is 14.2. The molecule has 4 nitrogen and oxygen atoms in total. The highest BCUT2D eigenvalue weighted by Crippen LogP contribution is 2.50. The quantitative estimate of drug-likeness (QED) is 0.689. The second-order valence-corrected chi connectivity index (χ2v) is 6.91. The number of epoxide rings is 1. The number of anilines is 1. The number of carbonyl (C=O) groups is 1. The Labute approximate surface area is 129 Å². The molecule has 0 bridgehead atoms. The van der Waals surface area contributed by atoms with Crippen LogP contribution in [0.25, 0.3) is 10.8 Å². The first-order valence-electron chi connectivity index (χ1n) is 7.62. The maximum atomic E-state index is 12.5. The fourth-order valence-corrected chi connectivity index (χ4v) is 3.12. The number of nitrogens with zero attached hydrogens (tertiary/aromatic N) is 1. The highest BCUT2D eigenvalue weighted by atomic mass is 16.6. The molecule has 2 heterocycles. The molecule has 114 valence electrons. The zero-order chi connectivity index (χ0) is 15.5. The molecule has 2 aliphatic heterocycles. The number of benzene rings is 2. The Kier molecular flexibility index (Phi) is 2.76. The van der Waals surface area contributed by atoms with E-state index in [0.29, 0.717) is 6.54 Å². The summed E-state index contributed by atoms with van der Waals surface area (Å²) >= 11 is 0. The van der Waals surface area contributed by atoms with Crippen molar-refractivity contribution < 1.29 is 14.3 Å². The van der Waals surface area contributed by atoms with Crippen molar-refractivity contribution in [3.05, 3.63) is 42.0 Å². The molecule has 1 fully saturated rings. The minimum absolute atomic E-state index is 0.0887. The largest absolute Gasteiger partial charge is 0.443 e. The van der Waals surface area contributed by atoms with Crippen molar-refractivity contribution in [2.24, 2.45) is 0 Å². The van der Waals surface area contributed by atoms with Crippen molar-refractivity contribution in [1.29, 1.82) is 0 Å². The molecule has 0 aliphatic carbocycles. The monoisotopic (exact) mass is 297 g/mol. The molecule has 2 aromatic carbocycles. The van der Waals surface area contributed by atoms with Gasteiger partial charge >= 0.3 is 6.09 Å². The van der Waals surface area contributed by atoms with E-state index in [9.17, 15) is 4.79 Å². The fourth-order valence-electron chi connectivity index (χ4n) is 3.12. The Morgan fingerprint density at radius 1 is 1.23 bits per heavy atom. The summed E-state index contributed by atoms with van der Waals surface area (Å²) in [6, 6.07) is 12.3. The molecule has 2 aliphatic rings. The molecule has 2 unspecified atom stereocenters. The van der Waals surface area contributed by atoms with E-state index in [0.717, 1.165) is 16.6 Å².